The number of hydrogen-bond donors (Lipinski definition) is 1. The average Bonchev–Trinajstić information content (AvgIpc) is 2.02. The molecule has 1 nitrogen and oxygen atoms in total. The van der Waals surface area contributed by atoms with Gasteiger partial charge in [0.1, 0.15) is 0 Å². The van der Waals surface area contributed by atoms with Gasteiger partial charge in [-0.2, -0.15) is 0 Å². The molecule has 1 aromatic rings. The first-order valence-corrected chi connectivity index (χ1v) is 4.51. The van der Waals surface area contributed by atoms with Crippen LogP contribution in [0.15, 0.2) is 30.3 Å². The first kappa shape index (κ1) is 7.81. The molecule has 1 aliphatic carbocycles. The summed E-state index contributed by atoms with van der Waals surface area (Å²) >= 11 is 0. The van der Waals surface area contributed by atoms with E-state index in [9.17, 15) is 0 Å². The molecule has 0 spiro atoms. The normalized spacial score (nSPS) is 34.3. The molecule has 0 aromatic heterocycles. The maximum atomic E-state index is 5.95. The molecule has 0 aliphatic heterocycles. The summed E-state index contributed by atoms with van der Waals surface area (Å²) in [5.74, 6) is 0.709. The van der Waals surface area contributed by atoms with Crippen LogP contribution in [0.3, 0.4) is 0 Å². The molecule has 0 saturated heterocycles. The van der Waals surface area contributed by atoms with Crippen LogP contribution in [0, 0.1) is 0 Å². The lowest BCUT2D eigenvalue weighted by molar-refractivity contribution is 0.230. The molecule has 1 fully saturated rings. The fraction of sp³-hybridized carbons (Fsp3) is 0.455. The third-order valence-corrected chi connectivity index (χ3v) is 2.70. The Bertz CT molecular complexity index is 256. The molecule has 2 N–H and O–H groups in total. The van der Waals surface area contributed by atoms with E-state index in [1.807, 2.05) is 0 Å². The Kier molecular flexibility index (Phi) is 1.69. The fourth-order valence-corrected chi connectivity index (χ4v) is 2.03. The van der Waals surface area contributed by atoms with E-state index in [-0.39, 0.29) is 5.54 Å². The molecule has 0 bridgehead atoms. The summed E-state index contributed by atoms with van der Waals surface area (Å²) in [6, 6.07) is 10.6. The lowest BCUT2D eigenvalue weighted by Gasteiger charge is -2.42. The van der Waals surface area contributed by atoms with Gasteiger partial charge >= 0.3 is 0 Å². The van der Waals surface area contributed by atoms with Crippen molar-refractivity contribution in [3.63, 3.8) is 0 Å². The van der Waals surface area contributed by atoms with E-state index < -0.39 is 0 Å². The highest BCUT2D eigenvalue weighted by molar-refractivity contribution is 5.24. The zero-order valence-electron chi connectivity index (χ0n) is 7.46. The van der Waals surface area contributed by atoms with Crippen LogP contribution < -0.4 is 5.73 Å². The molecule has 64 valence electrons. The molecular formula is C11H15N. The predicted octanol–water partition coefficient (Wildman–Crippen LogP) is 2.28. The summed E-state index contributed by atoms with van der Waals surface area (Å²) in [7, 11) is 0. The molecular weight excluding hydrogens is 146 g/mol. The molecule has 0 amide bonds. The van der Waals surface area contributed by atoms with Crippen molar-refractivity contribution in [2.75, 3.05) is 0 Å². The maximum Gasteiger partial charge on any atom is 0.0137 e. The van der Waals surface area contributed by atoms with E-state index in [1.165, 1.54) is 5.56 Å². The monoisotopic (exact) mass is 161 g/mol. The Balaban J connectivity index is 2.06. The van der Waals surface area contributed by atoms with E-state index in [4.69, 9.17) is 5.73 Å². The second kappa shape index (κ2) is 2.60. The highest BCUT2D eigenvalue weighted by atomic mass is 14.8. The van der Waals surface area contributed by atoms with Crippen LogP contribution in [0.4, 0.5) is 0 Å². The first-order valence-electron chi connectivity index (χ1n) is 4.51. The molecule has 1 saturated carbocycles. The number of nitrogens with two attached hydrogens (primary N) is 1. The van der Waals surface area contributed by atoms with Crippen LogP contribution in [0.25, 0.3) is 0 Å². The van der Waals surface area contributed by atoms with Gasteiger partial charge in [-0.05, 0) is 31.2 Å². The highest BCUT2D eigenvalue weighted by Gasteiger charge is 2.37. The Labute approximate surface area is 73.6 Å². The van der Waals surface area contributed by atoms with Crippen molar-refractivity contribution in [2.24, 2.45) is 5.73 Å². The summed E-state index contributed by atoms with van der Waals surface area (Å²) in [5.41, 5.74) is 7.49. The van der Waals surface area contributed by atoms with E-state index >= 15 is 0 Å². The first-order chi connectivity index (χ1) is 5.67. The van der Waals surface area contributed by atoms with Crippen molar-refractivity contribution >= 4 is 0 Å². The smallest absolute Gasteiger partial charge is 0.0137 e. The van der Waals surface area contributed by atoms with Gasteiger partial charge in [-0.1, -0.05) is 30.3 Å². The number of hydrogen-bond acceptors (Lipinski definition) is 1. The molecule has 1 heteroatoms. The summed E-state index contributed by atoms with van der Waals surface area (Å²) in [4.78, 5) is 0. The van der Waals surface area contributed by atoms with Gasteiger partial charge in [-0.15, -0.1) is 0 Å². The molecule has 2 rings (SSSR count). The molecule has 0 atom stereocenters. The maximum absolute atomic E-state index is 5.95. The van der Waals surface area contributed by atoms with Crippen molar-refractivity contribution in [2.45, 2.75) is 31.2 Å². The lowest BCUT2D eigenvalue weighted by Crippen LogP contribution is -2.47. The zero-order valence-corrected chi connectivity index (χ0v) is 7.46. The summed E-state index contributed by atoms with van der Waals surface area (Å²) < 4.78 is 0. The summed E-state index contributed by atoms with van der Waals surface area (Å²) in [6.45, 7) is 2.13. The van der Waals surface area contributed by atoms with Gasteiger partial charge < -0.3 is 5.73 Å². The average molecular weight is 161 g/mol. The van der Waals surface area contributed by atoms with Gasteiger partial charge in [-0.25, -0.2) is 0 Å². The minimum Gasteiger partial charge on any atom is -0.325 e. The van der Waals surface area contributed by atoms with Crippen LogP contribution in [-0.4, -0.2) is 5.54 Å². The van der Waals surface area contributed by atoms with E-state index in [2.05, 4.69) is 37.3 Å². The topological polar surface area (TPSA) is 26.0 Å². The van der Waals surface area contributed by atoms with Crippen LogP contribution >= 0.6 is 0 Å². The number of rotatable bonds is 1. The van der Waals surface area contributed by atoms with Crippen molar-refractivity contribution in [1.82, 2.24) is 0 Å². The van der Waals surface area contributed by atoms with Crippen molar-refractivity contribution < 1.29 is 0 Å². The largest absolute Gasteiger partial charge is 0.325 e. The van der Waals surface area contributed by atoms with E-state index in [0.29, 0.717) is 5.92 Å². The van der Waals surface area contributed by atoms with E-state index in [0.717, 1.165) is 12.8 Å². The van der Waals surface area contributed by atoms with Crippen molar-refractivity contribution in [1.29, 1.82) is 0 Å². The Hall–Kier alpha value is -0.820. The van der Waals surface area contributed by atoms with Crippen LogP contribution in [0.2, 0.25) is 0 Å². The molecule has 1 aromatic carbocycles. The van der Waals surface area contributed by atoms with Crippen LogP contribution in [0.5, 0.6) is 0 Å². The van der Waals surface area contributed by atoms with Gasteiger partial charge in [0.25, 0.3) is 0 Å². The zero-order chi connectivity index (χ0) is 8.60. The lowest BCUT2D eigenvalue weighted by atomic mass is 9.67. The third kappa shape index (κ3) is 1.37. The Morgan fingerprint density at radius 3 is 2.33 bits per heavy atom. The Morgan fingerprint density at radius 2 is 1.83 bits per heavy atom. The van der Waals surface area contributed by atoms with Crippen LogP contribution in [0.1, 0.15) is 31.2 Å². The molecule has 12 heavy (non-hydrogen) atoms. The third-order valence-electron chi connectivity index (χ3n) is 2.70. The Morgan fingerprint density at radius 1 is 1.25 bits per heavy atom. The molecule has 1 aliphatic rings. The van der Waals surface area contributed by atoms with Gasteiger partial charge in [0.05, 0.1) is 0 Å². The SMILES string of the molecule is CC1(N)CC(c2ccccc2)C1. The fourth-order valence-electron chi connectivity index (χ4n) is 2.03. The van der Waals surface area contributed by atoms with Gasteiger partial charge in [-0.3, -0.25) is 0 Å². The second-order valence-electron chi connectivity index (χ2n) is 4.17. The standard InChI is InChI=1S/C11H15N/c1-11(12)7-10(8-11)9-5-3-2-4-6-9/h2-6,10H,7-8,12H2,1H3. The number of benzene rings is 1. The second-order valence-corrected chi connectivity index (χ2v) is 4.17. The molecule has 0 radical (unpaired) electrons. The van der Waals surface area contributed by atoms with Crippen molar-refractivity contribution in [3.8, 4) is 0 Å². The van der Waals surface area contributed by atoms with E-state index in [1.54, 1.807) is 0 Å². The minimum absolute atomic E-state index is 0.0977. The quantitative estimate of drug-likeness (QED) is 0.672. The van der Waals surface area contributed by atoms with Crippen LogP contribution in [-0.2, 0) is 0 Å². The van der Waals surface area contributed by atoms with Gasteiger partial charge in [0, 0.05) is 5.54 Å². The van der Waals surface area contributed by atoms with Gasteiger partial charge in [0.2, 0.25) is 0 Å². The summed E-state index contributed by atoms with van der Waals surface area (Å²) in [6.07, 6.45) is 2.27. The molecule has 0 heterocycles. The summed E-state index contributed by atoms with van der Waals surface area (Å²) in [5, 5.41) is 0. The highest BCUT2D eigenvalue weighted by Crippen LogP contribution is 2.42. The molecule has 0 unspecified atom stereocenters. The predicted molar refractivity (Wildman–Crippen MR) is 51.0 cm³/mol. The van der Waals surface area contributed by atoms with Crippen molar-refractivity contribution in [3.05, 3.63) is 35.9 Å². The van der Waals surface area contributed by atoms with Gasteiger partial charge in [0.15, 0.2) is 0 Å². The minimum atomic E-state index is 0.0977.